The summed E-state index contributed by atoms with van der Waals surface area (Å²) in [5.74, 6) is -9.63. The lowest BCUT2D eigenvalue weighted by atomic mass is 10.1. The van der Waals surface area contributed by atoms with Gasteiger partial charge in [-0.3, -0.25) is 9.48 Å². The lowest BCUT2D eigenvalue weighted by Crippen LogP contribution is -2.14. The molecule has 0 aliphatic rings. The smallest absolute Gasteiger partial charge is 0.256 e. The maximum Gasteiger partial charge on any atom is 0.256 e. The Hall–Kier alpha value is -4.41. The zero-order valence-electron chi connectivity index (χ0n) is 18.7. The van der Waals surface area contributed by atoms with Crippen molar-refractivity contribution >= 4 is 11.7 Å². The van der Waals surface area contributed by atoms with Crippen LogP contribution in [0.2, 0.25) is 0 Å². The van der Waals surface area contributed by atoms with E-state index >= 15 is 0 Å². The Morgan fingerprint density at radius 3 is 2.25 bits per heavy atom. The van der Waals surface area contributed by atoms with Crippen LogP contribution in [0.15, 0.2) is 60.8 Å². The monoisotopic (exact) mass is 503 g/mol. The van der Waals surface area contributed by atoms with Gasteiger partial charge in [-0.05, 0) is 29.8 Å². The van der Waals surface area contributed by atoms with Gasteiger partial charge < -0.3 is 14.8 Å². The van der Waals surface area contributed by atoms with Crippen molar-refractivity contribution in [2.75, 3.05) is 12.4 Å². The maximum absolute atomic E-state index is 13.9. The second-order valence-electron chi connectivity index (χ2n) is 7.54. The topological polar surface area (TPSA) is 65.4 Å². The van der Waals surface area contributed by atoms with E-state index in [-0.39, 0.29) is 18.0 Å². The van der Waals surface area contributed by atoms with E-state index in [9.17, 15) is 26.7 Å². The molecule has 0 radical (unpaired) electrons. The molecule has 0 saturated carbocycles. The summed E-state index contributed by atoms with van der Waals surface area (Å²) in [4.78, 5) is 12.7. The number of hydrogen-bond donors (Lipinski definition) is 1. The Bertz CT molecular complexity index is 1400. The van der Waals surface area contributed by atoms with Crippen molar-refractivity contribution < 1.29 is 36.2 Å². The lowest BCUT2D eigenvalue weighted by molar-refractivity contribution is 0.102. The van der Waals surface area contributed by atoms with Crippen LogP contribution < -0.4 is 14.8 Å². The highest BCUT2D eigenvalue weighted by atomic mass is 19.2. The number of nitrogens with zero attached hydrogens (tertiary/aromatic N) is 2. The van der Waals surface area contributed by atoms with Gasteiger partial charge in [-0.25, -0.2) is 22.0 Å². The number of ether oxygens (including phenoxy) is 2. The average Bonchev–Trinajstić information content (AvgIpc) is 3.34. The number of nitrogens with one attached hydrogen (secondary N) is 1. The molecule has 1 heterocycles. The fourth-order valence-electron chi connectivity index (χ4n) is 3.36. The Kier molecular flexibility index (Phi) is 7.18. The van der Waals surface area contributed by atoms with Crippen LogP contribution in [-0.2, 0) is 13.2 Å². The van der Waals surface area contributed by atoms with Gasteiger partial charge in [-0.15, -0.1) is 0 Å². The molecular weight excluding hydrogens is 485 g/mol. The van der Waals surface area contributed by atoms with Crippen molar-refractivity contribution in [2.45, 2.75) is 13.2 Å². The minimum atomic E-state index is -2.24. The van der Waals surface area contributed by atoms with E-state index in [1.165, 1.54) is 19.4 Å². The first kappa shape index (κ1) is 24.7. The number of anilines is 1. The summed E-state index contributed by atoms with van der Waals surface area (Å²) in [5.41, 5.74) is -0.0639. The first-order valence-electron chi connectivity index (χ1n) is 10.5. The molecule has 0 fully saturated rings. The fourth-order valence-corrected chi connectivity index (χ4v) is 3.36. The average molecular weight is 503 g/mol. The third kappa shape index (κ3) is 5.14. The summed E-state index contributed by atoms with van der Waals surface area (Å²) >= 11 is 0. The molecule has 0 spiro atoms. The Morgan fingerprint density at radius 1 is 0.889 bits per heavy atom. The normalized spacial score (nSPS) is 10.8. The summed E-state index contributed by atoms with van der Waals surface area (Å²) in [6, 6.07) is 15.0. The summed E-state index contributed by atoms with van der Waals surface area (Å²) in [7, 11) is 1.53. The molecule has 3 aromatic carbocycles. The van der Waals surface area contributed by atoms with E-state index in [0.29, 0.717) is 17.1 Å². The fraction of sp³-hybridized carbons (Fsp3) is 0.120. The molecule has 0 atom stereocenters. The van der Waals surface area contributed by atoms with Gasteiger partial charge in [0, 0.05) is 17.8 Å². The largest absolute Gasteiger partial charge is 0.493 e. The zero-order valence-corrected chi connectivity index (χ0v) is 18.7. The van der Waals surface area contributed by atoms with E-state index in [1.807, 2.05) is 0 Å². The number of hydrogen-bond acceptors (Lipinski definition) is 4. The summed E-state index contributed by atoms with van der Waals surface area (Å²) in [6.45, 7) is -0.574. The molecule has 0 bridgehead atoms. The highest BCUT2D eigenvalue weighted by molar-refractivity contribution is 6.03. The molecule has 36 heavy (non-hydrogen) atoms. The first-order valence-corrected chi connectivity index (χ1v) is 10.5. The van der Waals surface area contributed by atoms with Crippen LogP contribution in [0.3, 0.4) is 0 Å². The van der Waals surface area contributed by atoms with Gasteiger partial charge >= 0.3 is 0 Å². The third-order valence-corrected chi connectivity index (χ3v) is 5.16. The second kappa shape index (κ2) is 10.5. The molecule has 11 heteroatoms. The van der Waals surface area contributed by atoms with Gasteiger partial charge in [0.25, 0.3) is 5.91 Å². The van der Waals surface area contributed by atoms with Crippen molar-refractivity contribution in [2.24, 2.45) is 0 Å². The number of methoxy groups -OCH3 is 1. The molecule has 0 unspecified atom stereocenters. The molecule has 1 amide bonds. The van der Waals surface area contributed by atoms with E-state index in [0.717, 1.165) is 4.68 Å². The number of aromatic nitrogens is 2. The Morgan fingerprint density at radius 2 is 1.56 bits per heavy atom. The van der Waals surface area contributed by atoms with Crippen molar-refractivity contribution in [3.8, 4) is 11.5 Å². The van der Waals surface area contributed by atoms with Crippen molar-refractivity contribution in [1.29, 1.82) is 0 Å². The third-order valence-electron chi connectivity index (χ3n) is 5.16. The summed E-state index contributed by atoms with van der Waals surface area (Å²) in [6.07, 6.45) is 1.23. The molecule has 1 N–H and O–H groups in total. The highest BCUT2D eigenvalue weighted by Gasteiger charge is 2.26. The van der Waals surface area contributed by atoms with Gasteiger partial charge in [0.2, 0.25) is 5.82 Å². The SMILES string of the molecule is COc1ccccc1OCc1cccc(C(=O)Nc2ccn(Cc3c(F)c(F)c(F)c(F)c3F)n2)c1. The Balaban J connectivity index is 1.43. The van der Waals surface area contributed by atoms with Gasteiger partial charge in [0.1, 0.15) is 6.61 Å². The maximum atomic E-state index is 13.9. The standard InChI is InChI=1S/C25H18F5N3O3/c1-35-17-7-2-3-8-18(17)36-13-14-5-4-6-15(11-14)25(34)31-19-9-10-33(32-19)12-16-20(26)22(28)24(30)23(29)21(16)27/h2-11H,12-13H2,1H3,(H,31,32,34). The number of rotatable bonds is 8. The summed E-state index contributed by atoms with van der Waals surface area (Å²) in [5, 5.41) is 6.44. The number of halogens is 5. The van der Waals surface area contributed by atoms with E-state index in [4.69, 9.17) is 9.47 Å². The summed E-state index contributed by atoms with van der Waals surface area (Å²) < 4.78 is 79.9. The minimum absolute atomic E-state index is 0.0135. The number of para-hydroxylation sites is 2. The van der Waals surface area contributed by atoms with Gasteiger partial charge in [0.05, 0.1) is 19.2 Å². The van der Waals surface area contributed by atoms with Crippen LogP contribution in [0, 0.1) is 29.1 Å². The quantitative estimate of drug-likeness (QED) is 0.197. The predicted molar refractivity (Wildman–Crippen MR) is 119 cm³/mol. The van der Waals surface area contributed by atoms with Crippen molar-refractivity contribution in [1.82, 2.24) is 9.78 Å². The van der Waals surface area contributed by atoms with Crippen LogP contribution in [0.1, 0.15) is 21.5 Å². The molecule has 6 nitrogen and oxygen atoms in total. The van der Waals surface area contributed by atoms with Crippen molar-refractivity contribution in [3.63, 3.8) is 0 Å². The lowest BCUT2D eigenvalue weighted by Gasteiger charge is -2.11. The van der Waals surface area contributed by atoms with E-state index in [1.54, 1.807) is 48.5 Å². The predicted octanol–water partition coefficient (Wildman–Crippen LogP) is 5.47. The molecule has 186 valence electrons. The number of carbonyl (C=O) groups is 1. The van der Waals surface area contributed by atoms with E-state index < -0.39 is 47.1 Å². The molecule has 1 aromatic heterocycles. The molecule has 0 saturated heterocycles. The molecule has 4 aromatic rings. The van der Waals surface area contributed by atoms with Crippen LogP contribution >= 0.6 is 0 Å². The molecule has 0 aliphatic carbocycles. The number of amides is 1. The second-order valence-corrected chi connectivity index (χ2v) is 7.54. The van der Waals surface area contributed by atoms with Gasteiger partial charge in [-0.1, -0.05) is 24.3 Å². The molecule has 4 rings (SSSR count). The number of carbonyl (C=O) groups excluding carboxylic acids is 1. The minimum Gasteiger partial charge on any atom is -0.493 e. The van der Waals surface area contributed by atoms with E-state index in [2.05, 4.69) is 10.4 Å². The van der Waals surface area contributed by atoms with Crippen LogP contribution in [-0.4, -0.2) is 22.8 Å². The van der Waals surface area contributed by atoms with Crippen LogP contribution in [0.4, 0.5) is 27.8 Å². The van der Waals surface area contributed by atoms with Gasteiger partial charge in [-0.2, -0.15) is 5.10 Å². The van der Waals surface area contributed by atoms with Crippen LogP contribution in [0.25, 0.3) is 0 Å². The molecule has 0 aliphatic heterocycles. The van der Waals surface area contributed by atoms with Crippen molar-refractivity contribution in [3.05, 3.63) is 107 Å². The zero-order chi connectivity index (χ0) is 25.8. The first-order chi connectivity index (χ1) is 17.3. The highest BCUT2D eigenvalue weighted by Crippen LogP contribution is 2.27. The van der Waals surface area contributed by atoms with Crippen LogP contribution in [0.5, 0.6) is 11.5 Å². The van der Waals surface area contributed by atoms with Gasteiger partial charge in [0.15, 0.2) is 40.6 Å². The Labute approximate surface area is 201 Å². The number of benzene rings is 3. The molecular formula is C25H18F5N3O3.